The summed E-state index contributed by atoms with van der Waals surface area (Å²) in [5.41, 5.74) is 0. The summed E-state index contributed by atoms with van der Waals surface area (Å²) in [6, 6.07) is 0.719. The lowest BCUT2D eigenvalue weighted by molar-refractivity contribution is 0.359. The van der Waals surface area contributed by atoms with E-state index in [2.05, 4.69) is 23.9 Å². The van der Waals surface area contributed by atoms with Crippen molar-refractivity contribution in [2.45, 2.75) is 57.3 Å². The lowest BCUT2D eigenvalue weighted by Crippen LogP contribution is -2.28. The highest BCUT2D eigenvalue weighted by Crippen LogP contribution is 2.23. The zero-order chi connectivity index (χ0) is 11.3. The number of nitrogens with zero attached hydrogens (tertiary/aromatic N) is 2. The second-order valence-corrected chi connectivity index (χ2v) is 4.70. The van der Waals surface area contributed by atoms with Crippen molar-refractivity contribution in [3.05, 3.63) is 0 Å². The van der Waals surface area contributed by atoms with Gasteiger partial charge >= 0.3 is 0 Å². The Morgan fingerprint density at radius 3 is 2.80 bits per heavy atom. The van der Waals surface area contributed by atoms with E-state index >= 15 is 0 Å². The van der Waals surface area contributed by atoms with Gasteiger partial charge in [0.2, 0.25) is 0 Å². The quantitative estimate of drug-likeness (QED) is 0.498. The molecule has 1 aliphatic heterocycles. The standard InChI is InChI=1S/C12H23BN2/c1-10(13)6-4-5-7-11-8-9-12(14-2)15(11)3/h10-11H,4-9H2,1-3H3. The van der Waals surface area contributed by atoms with Crippen molar-refractivity contribution >= 4 is 13.7 Å². The Morgan fingerprint density at radius 1 is 1.53 bits per heavy atom. The molecule has 0 aromatic rings. The Bertz CT molecular complexity index is 214. The van der Waals surface area contributed by atoms with Gasteiger partial charge in [-0.3, -0.25) is 4.99 Å². The normalized spacial score (nSPS) is 26.2. The summed E-state index contributed by atoms with van der Waals surface area (Å²) in [6.45, 7) is 2.09. The summed E-state index contributed by atoms with van der Waals surface area (Å²) in [7, 11) is 9.79. The zero-order valence-electron chi connectivity index (χ0n) is 10.4. The van der Waals surface area contributed by atoms with Gasteiger partial charge in [0.25, 0.3) is 0 Å². The molecule has 0 spiro atoms. The van der Waals surface area contributed by atoms with Crippen molar-refractivity contribution in [3.8, 4) is 0 Å². The van der Waals surface area contributed by atoms with E-state index in [0.29, 0.717) is 5.82 Å². The summed E-state index contributed by atoms with van der Waals surface area (Å²) >= 11 is 0. The van der Waals surface area contributed by atoms with Gasteiger partial charge in [-0.05, 0) is 12.8 Å². The summed E-state index contributed by atoms with van der Waals surface area (Å²) in [5.74, 6) is 1.63. The molecule has 0 aliphatic carbocycles. The molecule has 0 amide bonds. The Morgan fingerprint density at radius 2 is 2.27 bits per heavy atom. The van der Waals surface area contributed by atoms with E-state index in [0.717, 1.165) is 18.9 Å². The SMILES string of the molecule is [B]C(C)CCCCC1CCC(=NC)N1C. The molecule has 2 radical (unpaired) electrons. The number of hydrogen-bond acceptors (Lipinski definition) is 1. The van der Waals surface area contributed by atoms with Crippen LogP contribution in [0.1, 0.15) is 45.4 Å². The lowest BCUT2D eigenvalue weighted by atomic mass is 9.85. The van der Waals surface area contributed by atoms with Crippen LogP contribution >= 0.6 is 0 Å². The van der Waals surface area contributed by atoms with Crippen molar-refractivity contribution in [2.75, 3.05) is 14.1 Å². The average Bonchev–Trinajstić information content (AvgIpc) is 2.54. The van der Waals surface area contributed by atoms with Gasteiger partial charge in [0.15, 0.2) is 0 Å². The molecule has 2 nitrogen and oxygen atoms in total. The third kappa shape index (κ3) is 3.88. The fraction of sp³-hybridized carbons (Fsp3) is 0.917. The van der Waals surface area contributed by atoms with Gasteiger partial charge in [-0.2, -0.15) is 0 Å². The van der Waals surface area contributed by atoms with Gasteiger partial charge < -0.3 is 4.90 Å². The minimum absolute atomic E-state index is 0.360. The van der Waals surface area contributed by atoms with Crippen LogP contribution in [0, 0.1) is 0 Å². The zero-order valence-corrected chi connectivity index (χ0v) is 10.4. The number of hydrogen-bond donors (Lipinski definition) is 0. The minimum atomic E-state index is 0.360. The molecule has 2 atom stereocenters. The number of aliphatic imine (C=N–C) groups is 1. The van der Waals surface area contributed by atoms with Gasteiger partial charge in [0, 0.05) is 26.6 Å². The molecule has 1 fully saturated rings. The van der Waals surface area contributed by atoms with Crippen molar-refractivity contribution < 1.29 is 0 Å². The first-order chi connectivity index (χ1) is 7.15. The van der Waals surface area contributed by atoms with Gasteiger partial charge in [-0.15, -0.1) is 0 Å². The largest absolute Gasteiger partial charge is 0.360 e. The summed E-state index contributed by atoms with van der Waals surface area (Å²) in [6.07, 6.45) is 7.45. The van der Waals surface area contributed by atoms with Crippen LogP contribution < -0.4 is 0 Å². The van der Waals surface area contributed by atoms with E-state index < -0.39 is 0 Å². The van der Waals surface area contributed by atoms with Crippen LogP contribution in [0.2, 0.25) is 5.82 Å². The van der Waals surface area contributed by atoms with Gasteiger partial charge in [0.1, 0.15) is 0 Å². The summed E-state index contributed by atoms with van der Waals surface area (Å²) in [5, 5.41) is 0. The van der Waals surface area contributed by atoms with Crippen LogP contribution in [0.4, 0.5) is 0 Å². The summed E-state index contributed by atoms with van der Waals surface area (Å²) in [4.78, 5) is 6.65. The van der Waals surface area contributed by atoms with E-state index in [1.165, 1.54) is 31.5 Å². The Labute approximate surface area is 95.6 Å². The van der Waals surface area contributed by atoms with Crippen LogP contribution in [0.5, 0.6) is 0 Å². The molecule has 84 valence electrons. The number of unbranched alkanes of at least 4 members (excludes halogenated alkanes) is 1. The topological polar surface area (TPSA) is 15.6 Å². The molecule has 1 aliphatic rings. The van der Waals surface area contributed by atoms with Crippen molar-refractivity contribution in [3.63, 3.8) is 0 Å². The van der Waals surface area contributed by atoms with Crippen LogP contribution in [-0.4, -0.2) is 38.7 Å². The molecule has 1 heterocycles. The number of amidine groups is 1. The molecule has 0 bridgehead atoms. The molecule has 0 aromatic heterocycles. The van der Waals surface area contributed by atoms with Crippen LogP contribution in [0.25, 0.3) is 0 Å². The van der Waals surface area contributed by atoms with E-state index in [4.69, 9.17) is 7.85 Å². The molecule has 0 saturated carbocycles. The van der Waals surface area contributed by atoms with E-state index in [1.807, 2.05) is 7.05 Å². The third-order valence-corrected chi connectivity index (χ3v) is 3.36. The van der Waals surface area contributed by atoms with E-state index in [1.54, 1.807) is 0 Å². The Kier molecular flexibility index (Phi) is 5.20. The average molecular weight is 206 g/mol. The van der Waals surface area contributed by atoms with Crippen LogP contribution in [-0.2, 0) is 0 Å². The molecule has 0 aromatic carbocycles. The predicted molar refractivity (Wildman–Crippen MR) is 67.8 cm³/mol. The molecular weight excluding hydrogens is 183 g/mol. The molecule has 1 rings (SSSR count). The molecule has 3 heteroatoms. The molecule has 15 heavy (non-hydrogen) atoms. The second kappa shape index (κ2) is 6.19. The fourth-order valence-electron chi connectivity index (χ4n) is 2.33. The summed E-state index contributed by atoms with van der Waals surface area (Å²) < 4.78 is 0. The monoisotopic (exact) mass is 206 g/mol. The third-order valence-electron chi connectivity index (χ3n) is 3.36. The smallest absolute Gasteiger partial charge is 0.0986 e. The van der Waals surface area contributed by atoms with Gasteiger partial charge in [-0.1, -0.05) is 32.0 Å². The highest BCUT2D eigenvalue weighted by atomic mass is 15.2. The number of rotatable bonds is 5. The first kappa shape index (κ1) is 12.6. The minimum Gasteiger partial charge on any atom is -0.360 e. The number of likely N-dealkylation sites (tertiary alicyclic amines) is 1. The molecule has 0 N–H and O–H groups in total. The lowest BCUT2D eigenvalue weighted by Gasteiger charge is -2.21. The van der Waals surface area contributed by atoms with Gasteiger partial charge in [-0.25, -0.2) is 0 Å². The fourth-order valence-corrected chi connectivity index (χ4v) is 2.33. The molecule has 1 saturated heterocycles. The molecular formula is C12H23BN2. The highest BCUT2D eigenvalue weighted by molar-refractivity contribution is 6.11. The van der Waals surface area contributed by atoms with Crippen molar-refractivity contribution in [2.24, 2.45) is 4.99 Å². The Hall–Kier alpha value is -0.465. The van der Waals surface area contributed by atoms with Crippen LogP contribution in [0.3, 0.4) is 0 Å². The maximum atomic E-state index is 5.73. The maximum Gasteiger partial charge on any atom is 0.0986 e. The van der Waals surface area contributed by atoms with Crippen molar-refractivity contribution in [1.82, 2.24) is 4.90 Å². The van der Waals surface area contributed by atoms with Crippen molar-refractivity contribution in [1.29, 1.82) is 0 Å². The highest BCUT2D eigenvalue weighted by Gasteiger charge is 2.24. The first-order valence-electron chi connectivity index (χ1n) is 6.09. The van der Waals surface area contributed by atoms with E-state index in [9.17, 15) is 0 Å². The van der Waals surface area contributed by atoms with E-state index in [-0.39, 0.29) is 0 Å². The second-order valence-electron chi connectivity index (χ2n) is 4.70. The maximum absolute atomic E-state index is 5.73. The molecule has 2 unspecified atom stereocenters. The first-order valence-corrected chi connectivity index (χ1v) is 6.09. The Balaban J connectivity index is 2.18. The van der Waals surface area contributed by atoms with Crippen LogP contribution in [0.15, 0.2) is 4.99 Å². The van der Waals surface area contributed by atoms with Gasteiger partial charge in [0.05, 0.1) is 13.7 Å². The predicted octanol–water partition coefficient (Wildman–Crippen LogP) is 2.65.